The Morgan fingerprint density at radius 2 is 2.00 bits per heavy atom. The Morgan fingerprint density at radius 1 is 1.28 bits per heavy atom. The molecule has 1 fully saturated rings. The zero-order valence-electron chi connectivity index (χ0n) is 10.3. The van der Waals surface area contributed by atoms with Crippen molar-refractivity contribution in [3.63, 3.8) is 0 Å². The number of hydrogen-bond acceptors (Lipinski definition) is 3. The molecule has 0 radical (unpaired) electrons. The molecule has 1 aliphatic heterocycles. The van der Waals surface area contributed by atoms with Crippen molar-refractivity contribution < 1.29 is 8.42 Å². The van der Waals surface area contributed by atoms with Crippen LogP contribution in [0.5, 0.6) is 0 Å². The molecule has 2 aromatic heterocycles. The zero-order valence-corrected chi connectivity index (χ0v) is 11.2. The highest BCUT2D eigenvalue weighted by Crippen LogP contribution is 2.28. The minimum absolute atomic E-state index is 0.285. The first-order valence-corrected chi connectivity index (χ1v) is 8.02. The van der Waals surface area contributed by atoms with Gasteiger partial charge in [-0.3, -0.25) is 0 Å². The maximum Gasteiger partial charge on any atom is 0.150 e. The Labute approximate surface area is 107 Å². The third-order valence-electron chi connectivity index (χ3n) is 3.69. The summed E-state index contributed by atoms with van der Waals surface area (Å²) in [6.45, 7) is 2.05. The van der Waals surface area contributed by atoms with E-state index in [1.807, 2.05) is 31.3 Å². The van der Waals surface area contributed by atoms with E-state index in [1.165, 1.54) is 0 Å². The fraction of sp³-hybridized carbons (Fsp3) is 0.462. The van der Waals surface area contributed by atoms with E-state index in [9.17, 15) is 8.42 Å². The number of rotatable bonds is 1. The van der Waals surface area contributed by atoms with Gasteiger partial charge in [-0.25, -0.2) is 13.4 Å². The van der Waals surface area contributed by atoms with Gasteiger partial charge in [0.05, 0.1) is 17.2 Å². The van der Waals surface area contributed by atoms with Gasteiger partial charge in [-0.15, -0.1) is 0 Å². The van der Waals surface area contributed by atoms with Crippen LogP contribution in [0.1, 0.15) is 30.1 Å². The molecule has 0 aliphatic carbocycles. The molecule has 0 unspecified atom stereocenters. The molecule has 1 aliphatic rings. The van der Waals surface area contributed by atoms with Gasteiger partial charge in [0.25, 0.3) is 0 Å². The van der Waals surface area contributed by atoms with E-state index in [2.05, 4.69) is 9.38 Å². The van der Waals surface area contributed by atoms with E-state index in [4.69, 9.17) is 0 Å². The summed E-state index contributed by atoms with van der Waals surface area (Å²) in [5.41, 5.74) is 3.12. The molecule has 5 heteroatoms. The van der Waals surface area contributed by atoms with Crippen LogP contribution in [-0.2, 0) is 9.84 Å². The molecule has 96 valence electrons. The summed E-state index contributed by atoms with van der Waals surface area (Å²) < 4.78 is 24.9. The number of aryl methyl sites for hydroxylation is 1. The third kappa shape index (κ3) is 2.03. The summed E-state index contributed by atoms with van der Waals surface area (Å²) in [4.78, 5) is 4.61. The maximum absolute atomic E-state index is 11.4. The number of fused-ring (bicyclic) bond motifs is 1. The van der Waals surface area contributed by atoms with Gasteiger partial charge in [0.15, 0.2) is 0 Å². The lowest BCUT2D eigenvalue weighted by atomic mass is 10.00. The van der Waals surface area contributed by atoms with Crippen molar-refractivity contribution in [1.29, 1.82) is 0 Å². The van der Waals surface area contributed by atoms with E-state index in [0.717, 1.165) is 17.0 Å². The smallest absolute Gasteiger partial charge is 0.150 e. The van der Waals surface area contributed by atoms with Crippen LogP contribution < -0.4 is 0 Å². The van der Waals surface area contributed by atoms with Gasteiger partial charge < -0.3 is 4.40 Å². The molecule has 18 heavy (non-hydrogen) atoms. The molecular formula is C13H16N2O2S. The highest BCUT2D eigenvalue weighted by molar-refractivity contribution is 7.91. The number of sulfone groups is 1. The van der Waals surface area contributed by atoms with Gasteiger partial charge in [-0.1, -0.05) is 6.07 Å². The Bertz CT molecular complexity index is 674. The van der Waals surface area contributed by atoms with Crippen LogP contribution in [0, 0.1) is 6.92 Å². The lowest BCUT2D eigenvalue weighted by Gasteiger charge is -2.19. The van der Waals surface area contributed by atoms with Gasteiger partial charge >= 0.3 is 0 Å². The van der Waals surface area contributed by atoms with Crippen molar-refractivity contribution in [3.05, 3.63) is 35.8 Å². The highest BCUT2D eigenvalue weighted by Gasteiger charge is 2.26. The minimum Gasteiger partial charge on any atom is -0.304 e. The first kappa shape index (κ1) is 11.7. The maximum atomic E-state index is 11.4. The monoisotopic (exact) mass is 264 g/mol. The Hall–Kier alpha value is -1.36. The van der Waals surface area contributed by atoms with Crippen LogP contribution in [-0.4, -0.2) is 29.3 Å². The Kier molecular flexibility index (Phi) is 2.66. The molecule has 0 aromatic carbocycles. The predicted octanol–water partition coefficient (Wildman–Crippen LogP) is 1.93. The van der Waals surface area contributed by atoms with E-state index >= 15 is 0 Å². The van der Waals surface area contributed by atoms with Crippen molar-refractivity contribution in [2.24, 2.45) is 0 Å². The average Bonchev–Trinajstić information content (AvgIpc) is 2.74. The number of imidazole rings is 1. The van der Waals surface area contributed by atoms with Crippen LogP contribution in [0.4, 0.5) is 0 Å². The molecular weight excluding hydrogens is 248 g/mol. The second-order valence-electron chi connectivity index (χ2n) is 4.99. The van der Waals surface area contributed by atoms with Gasteiger partial charge in [0, 0.05) is 17.8 Å². The number of hydrogen-bond donors (Lipinski definition) is 0. The summed E-state index contributed by atoms with van der Waals surface area (Å²) in [6.07, 6.45) is 3.45. The Balaban J connectivity index is 1.94. The molecule has 1 saturated heterocycles. The first-order valence-electron chi connectivity index (χ1n) is 6.20. The summed E-state index contributed by atoms with van der Waals surface area (Å²) in [6, 6.07) is 6.02. The van der Waals surface area contributed by atoms with Gasteiger partial charge in [0.1, 0.15) is 15.5 Å². The molecule has 0 spiro atoms. The third-order valence-corrected chi connectivity index (χ3v) is 5.40. The summed E-state index contributed by atoms with van der Waals surface area (Å²) in [5, 5.41) is 0. The second-order valence-corrected chi connectivity index (χ2v) is 7.29. The lowest BCUT2D eigenvalue weighted by molar-refractivity contribution is 0.545. The lowest BCUT2D eigenvalue weighted by Crippen LogP contribution is -2.22. The van der Waals surface area contributed by atoms with Crippen molar-refractivity contribution in [2.75, 3.05) is 11.5 Å². The topological polar surface area (TPSA) is 51.4 Å². The summed E-state index contributed by atoms with van der Waals surface area (Å²) >= 11 is 0. The molecule has 3 rings (SSSR count). The van der Waals surface area contributed by atoms with Crippen LogP contribution in [0.25, 0.3) is 5.65 Å². The second kappa shape index (κ2) is 4.09. The quantitative estimate of drug-likeness (QED) is 0.791. The van der Waals surface area contributed by atoms with E-state index in [1.54, 1.807) is 0 Å². The van der Waals surface area contributed by atoms with Crippen LogP contribution >= 0.6 is 0 Å². The molecule has 4 nitrogen and oxygen atoms in total. The zero-order chi connectivity index (χ0) is 12.8. The predicted molar refractivity (Wildman–Crippen MR) is 70.6 cm³/mol. The number of pyridine rings is 1. The van der Waals surface area contributed by atoms with E-state index in [-0.39, 0.29) is 5.92 Å². The van der Waals surface area contributed by atoms with Crippen molar-refractivity contribution in [1.82, 2.24) is 9.38 Å². The van der Waals surface area contributed by atoms with Gasteiger partial charge in [-0.05, 0) is 31.9 Å². The molecule has 0 amide bonds. The number of aromatic nitrogens is 2. The van der Waals surface area contributed by atoms with Crippen LogP contribution in [0.2, 0.25) is 0 Å². The largest absolute Gasteiger partial charge is 0.304 e. The molecule has 0 atom stereocenters. The van der Waals surface area contributed by atoms with Crippen molar-refractivity contribution >= 4 is 15.5 Å². The van der Waals surface area contributed by atoms with Gasteiger partial charge in [-0.2, -0.15) is 0 Å². The minimum atomic E-state index is -2.80. The number of nitrogens with zero attached hydrogens (tertiary/aromatic N) is 2. The summed E-state index contributed by atoms with van der Waals surface area (Å²) in [7, 11) is -2.80. The van der Waals surface area contributed by atoms with Crippen LogP contribution in [0.3, 0.4) is 0 Å². The fourth-order valence-electron chi connectivity index (χ4n) is 2.55. The first-order chi connectivity index (χ1) is 8.55. The van der Waals surface area contributed by atoms with Gasteiger partial charge in [0.2, 0.25) is 0 Å². The highest BCUT2D eigenvalue weighted by atomic mass is 32.2. The van der Waals surface area contributed by atoms with Crippen molar-refractivity contribution in [2.45, 2.75) is 25.7 Å². The molecule has 3 heterocycles. The fourth-order valence-corrected chi connectivity index (χ4v) is 4.04. The van der Waals surface area contributed by atoms with Crippen LogP contribution in [0.15, 0.2) is 24.4 Å². The summed E-state index contributed by atoms with van der Waals surface area (Å²) in [5.74, 6) is 0.877. The Morgan fingerprint density at radius 3 is 2.67 bits per heavy atom. The molecule has 0 saturated carbocycles. The molecule has 0 bridgehead atoms. The molecule has 2 aromatic rings. The normalized spacial score (nSPS) is 20.3. The van der Waals surface area contributed by atoms with Crippen molar-refractivity contribution in [3.8, 4) is 0 Å². The molecule has 0 N–H and O–H groups in total. The standard InChI is InChI=1S/C13H16N2O2S/c1-10-3-2-4-13-14-12(9-15(10)13)11-5-7-18(16,17)8-6-11/h2-4,9,11H,5-8H2,1H3. The average molecular weight is 264 g/mol. The van der Waals surface area contributed by atoms with E-state index in [0.29, 0.717) is 24.3 Å². The van der Waals surface area contributed by atoms with E-state index < -0.39 is 9.84 Å². The SMILES string of the molecule is Cc1cccc2nc(C3CCS(=O)(=O)CC3)cn12.